The predicted octanol–water partition coefficient (Wildman–Crippen LogP) is 5.01. The molecule has 8 nitrogen and oxygen atoms in total. The quantitative estimate of drug-likeness (QED) is 0.397. The van der Waals surface area contributed by atoms with Gasteiger partial charge < -0.3 is 9.88 Å². The van der Waals surface area contributed by atoms with E-state index in [0.717, 1.165) is 35.2 Å². The number of nitrogens with zero attached hydrogens (tertiary/aromatic N) is 5. The van der Waals surface area contributed by atoms with Crippen molar-refractivity contribution < 1.29 is 4.79 Å². The number of aromatic nitrogens is 4. The Balaban J connectivity index is 1.34. The van der Waals surface area contributed by atoms with Gasteiger partial charge in [0.1, 0.15) is 0 Å². The standard InChI is InChI=1S/C26H28ClN7O/c1-18-14-20(27)15-31-23(18)16-34(17-24-22-5-3-2-4-19(22)6-9-28-24)21-7-12-33(13-8-21)26(35)32-25-29-10-11-30-25/h2-6,9-11,14-15,21H,7-8,12-13,16-17H2,1H3,(H2,29,30,32,35). The van der Waals surface area contributed by atoms with E-state index in [1.54, 1.807) is 18.6 Å². The fraction of sp³-hybridized carbons (Fsp3) is 0.308. The maximum absolute atomic E-state index is 12.7. The lowest BCUT2D eigenvalue weighted by Gasteiger charge is -2.38. The number of carbonyl (C=O) groups is 1. The molecule has 1 aromatic carbocycles. The van der Waals surface area contributed by atoms with Gasteiger partial charge in [-0.25, -0.2) is 9.78 Å². The number of piperidine rings is 1. The van der Waals surface area contributed by atoms with E-state index in [9.17, 15) is 4.79 Å². The molecule has 4 heterocycles. The number of hydrogen-bond acceptors (Lipinski definition) is 5. The molecule has 9 heteroatoms. The summed E-state index contributed by atoms with van der Waals surface area (Å²) in [6.45, 7) is 4.78. The highest BCUT2D eigenvalue weighted by atomic mass is 35.5. The first-order chi connectivity index (χ1) is 17.1. The second-order valence-electron chi connectivity index (χ2n) is 8.89. The Morgan fingerprint density at radius 2 is 1.91 bits per heavy atom. The van der Waals surface area contributed by atoms with Crippen LogP contribution in [-0.4, -0.2) is 54.9 Å². The van der Waals surface area contributed by atoms with E-state index in [1.165, 1.54) is 5.39 Å². The van der Waals surface area contributed by atoms with Gasteiger partial charge in [-0.05, 0) is 42.8 Å². The third-order valence-electron chi connectivity index (χ3n) is 6.61. The SMILES string of the molecule is Cc1cc(Cl)cnc1CN(Cc1nccc2ccccc12)C1CCN(C(=O)Nc2ncc[nH]2)CC1. The minimum atomic E-state index is -0.129. The van der Waals surface area contributed by atoms with Crippen LogP contribution in [0.3, 0.4) is 0 Å². The smallest absolute Gasteiger partial charge is 0.324 e. The molecular formula is C26H28ClN7O. The number of carbonyl (C=O) groups excluding carboxylic acids is 1. The number of aromatic amines is 1. The molecule has 0 unspecified atom stereocenters. The first-order valence-corrected chi connectivity index (χ1v) is 12.2. The molecule has 2 amide bonds. The topological polar surface area (TPSA) is 90.0 Å². The predicted molar refractivity (Wildman–Crippen MR) is 137 cm³/mol. The molecule has 1 fully saturated rings. The van der Waals surface area contributed by atoms with Gasteiger partial charge in [-0.2, -0.15) is 0 Å². The molecule has 0 spiro atoms. The van der Waals surface area contributed by atoms with Gasteiger partial charge in [0.05, 0.1) is 16.4 Å². The minimum absolute atomic E-state index is 0.129. The number of hydrogen-bond donors (Lipinski definition) is 2. The Morgan fingerprint density at radius 1 is 1.11 bits per heavy atom. The molecule has 0 bridgehead atoms. The number of H-pyrrole nitrogens is 1. The highest BCUT2D eigenvalue weighted by Crippen LogP contribution is 2.25. The van der Waals surface area contributed by atoms with Crippen LogP contribution >= 0.6 is 11.6 Å². The lowest BCUT2D eigenvalue weighted by molar-refractivity contribution is 0.107. The van der Waals surface area contributed by atoms with Crippen LogP contribution in [-0.2, 0) is 13.1 Å². The van der Waals surface area contributed by atoms with E-state index in [0.29, 0.717) is 43.2 Å². The van der Waals surface area contributed by atoms with Gasteiger partial charge in [0, 0.05) is 62.4 Å². The van der Waals surface area contributed by atoms with E-state index >= 15 is 0 Å². The highest BCUT2D eigenvalue weighted by molar-refractivity contribution is 6.30. The number of halogens is 1. The van der Waals surface area contributed by atoms with Crippen molar-refractivity contribution in [1.29, 1.82) is 0 Å². The van der Waals surface area contributed by atoms with Crippen LogP contribution in [0.1, 0.15) is 29.8 Å². The monoisotopic (exact) mass is 489 g/mol. The molecule has 0 radical (unpaired) electrons. The molecule has 5 rings (SSSR count). The van der Waals surface area contributed by atoms with Crippen LogP contribution in [0.2, 0.25) is 5.02 Å². The number of aryl methyl sites for hydroxylation is 1. The van der Waals surface area contributed by atoms with Gasteiger partial charge in [-0.15, -0.1) is 0 Å². The number of anilines is 1. The molecule has 4 aromatic rings. The Morgan fingerprint density at radius 3 is 2.69 bits per heavy atom. The molecular weight excluding hydrogens is 462 g/mol. The molecule has 1 saturated heterocycles. The number of pyridine rings is 2. The van der Waals surface area contributed by atoms with Crippen LogP contribution in [0.15, 0.2) is 61.2 Å². The van der Waals surface area contributed by atoms with Crippen LogP contribution < -0.4 is 5.32 Å². The normalized spacial score (nSPS) is 14.5. The summed E-state index contributed by atoms with van der Waals surface area (Å²) < 4.78 is 0. The number of likely N-dealkylation sites (tertiary alicyclic amines) is 1. The van der Waals surface area contributed by atoms with E-state index in [4.69, 9.17) is 16.6 Å². The van der Waals surface area contributed by atoms with Crippen LogP contribution in [0.4, 0.5) is 10.7 Å². The van der Waals surface area contributed by atoms with Crippen molar-refractivity contribution in [3.8, 4) is 0 Å². The van der Waals surface area contributed by atoms with Crippen molar-refractivity contribution in [3.63, 3.8) is 0 Å². The molecule has 35 heavy (non-hydrogen) atoms. The van der Waals surface area contributed by atoms with Gasteiger partial charge in [0.25, 0.3) is 0 Å². The average molecular weight is 490 g/mol. The summed E-state index contributed by atoms with van der Waals surface area (Å²) in [4.78, 5) is 33.3. The average Bonchev–Trinajstić information content (AvgIpc) is 3.38. The van der Waals surface area contributed by atoms with Crippen molar-refractivity contribution in [2.75, 3.05) is 18.4 Å². The summed E-state index contributed by atoms with van der Waals surface area (Å²) in [5.41, 5.74) is 3.13. The zero-order valence-electron chi connectivity index (χ0n) is 19.6. The third-order valence-corrected chi connectivity index (χ3v) is 6.81. The Bertz CT molecular complexity index is 1300. The molecule has 0 atom stereocenters. The number of amides is 2. The number of imidazole rings is 1. The van der Waals surface area contributed by atoms with Crippen molar-refractivity contribution >= 4 is 34.4 Å². The van der Waals surface area contributed by atoms with Gasteiger partial charge in [0.2, 0.25) is 5.95 Å². The van der Waals surface area contributed by atoms with Crippen molar-refractivity contribution in [3.05, 3.63) is 83.2 Å². The summed E-state index contributed by atoms with van der Waals surface area (Å²) >= 11 is 6.16. The zero-order valence-corrected chi connectivity index (χ0v) is 20.4. The Kier molecular flexibility index (Phi) is 6.92. The maximum Gasteiger partial charge on any atom is 0.324 e. The fourth-order valence-corrected chi connectivity index (χ4v) is 4.90. The van der Waals surface area contributed by atoms with Crippen molar-refractivity contribution in [1.82, 2.24) is 29.7 Å². The van der Waals surface area contributed by atoms with Gasteiger partial charge in [-0.3, -0.25) is 20.2 Å². The lowest BCUT2D eigenvalue weighted by atomic mass is 10.0. The van der Waals surface area contributed by atoms with Crippen LogP contribution in [0.5, 0.6) is 0 Å². The Hall–Kier alpha value is -3.49. The molecule has 1 aliphatic heterocycles. The molecule has 2 N–H and O–H groups in total. The second kappa shape index (κ2) is 10.4. The number of urea groups is 1. The highest BCUT2D eigenvalue weighted by Gasteiger charge is 2.28. The Labute approximate surface area is 209 Å². The number of nitrogens with one attached hydrogen (secondary N) is 2. The van der Waals surface area contributed by atoms with Crippen molar-refractivity contribution in [2.45, 2.75) is 38.9 Å². The van der Waals surface area contributed by atoms with Crippen LogP contribution in [0.25, 0.3) is 10.8 Å². The molecule has 3 aromatic heterocycles. The largest absolute Gasteiger partial charge is 0.331 e. The third kappa shape index (κ3) is 5.44. The first-order valence-electron chi connectivity index (χ1n) is 11.8. The van der Waals surface area contributed by atoms with E-state index < -0.39 is 0 Å². The molecule has 1 aliphatic rings. The van der Waals surface area contributed by atoms with E-state index in [-0.39, 0.29) is 6.03 Å². The van der Waals surface area contributed by atoms with Gasteiger partial charge in [-0.1, -0.05) is 35.9 Å². The van der Waals surface area contributed by atoms with E-state index in [1.807, 2.05) is 36.2 Å². The molecule has 180 valence electrons. The summed E-state index contributed by atoms with van der Waals surface area (Å²) in [5, 5.41) is 5.81. The minimum Gasteiger partial charge on any atom is -0.331 e. The van der Waals surface area contributed by atoms with Crippen LogP contribution in [0, 0.1) is 6.92 Å². The van der Waals surface area contributed by atoms with E-state index in [2.05, 4.69) is 43.4 Å². The summed E-state index contributed by atoms with van der Waals surface area (Å²) in [5.74, 6) is 0.463. The summed E-state index contributed by atoms with van der Waals surface area (Å²) in [7, 11) is 0. The summed E-state index contributed by atoms with van der Waals surface area (Å²) in [6.07, 6.45) is 8.62. The number of rotatable bonds is 6. The summed E-state index contributed by atoms with van der Waals surface area (Å²) in [6, 6.07) is 12.5. The first kappa shape index (κ1) is 23.3. The van der Waals surface area contributed by atoms with Gasteiger partial charge in [0.15, 0.2) is 0 Å². The number of benzene rings is 1. The lowest BCUT2D eigenvalue weighted by Crippen LogP contribution is -2.47. The zero-order chi connectivity index (χ0) is 24.2. The maximum atomic E-state index is 12.7. The van der Waals surface area contributed by atoms with Crippen molar-refractivity contribution in [2.24, 2.45) is 0 Å². The van der Waals surface area contributed by atoms with Gasteiger partial charge >= 0.3 is 6.03 Å². The fourth-order valence-electron chi connectivity index (χ4n) is 4.69. The molecule has 0 saturated carbocycles. The second-order valence-corrected chi connectivity index (χ2v) is 9.32. The molecule has 0 aliphatic carbocycles. The number of fused-ring (bicyclic) bond motifs is 1.